The molecule has 4 rings (SSSR count). The number of nitrogens with one attached hydrogen (secondary N) is 1. The van der Waals surface area contributed by atoms with Crippen molar-refractivity contribution < 1.29 is 4.79 Å². The second kappa shape index (κ2) is 6.89. The predicted octanol–water partition coefficient (Wildman–Crippen LogP) is 5.09. The molecule has 1 atom stereocenters. The van der Waals surface area contributed by atoms with Crippen LogP contribution in [-0.4, -0.2) is 22.0 Å². The molecule has 0 spiro atoms. The molecule has 0 aliphatic carbocycles. The summed E-state index contributed by atoms with van der Waals surface area (Å²) in [4.78, 5) is 14.9. The van der Waals surface area contributed by atoms with Gasteiger partial charge in [0.05, 0.1) is 6.04 Å². The van der Waals surface area contributed by atoms with Crippen molar-refractivity contribution in [3.05, 3.63) is 88.7 Å². The first-order chi connectivity index (χ1) is 12.6. The van der Waals surface area contributed by atoms with Crippen LogP contribution in [-0.2, 0) is 6.54 Å². The Morgan fingerprint density at radius 3 is 2.50 bits per heavy atom. The van der Waals surface area contributed by atoms with Crippen LogP contribution >= 0.6 is 11.6 Å². The molecule has 1 aliphatic rings. The fourth-order valence-corrected chi connectivity index (χ4v) is 3.56. The maximum Gasteiger partial charge on any atom is 0.322 e. The number of carbonyl (C=O) groups excluding carboxylic acids is 1. The Morgan fingerprint density at radius 1 is 1.04 bits per heavy atom. The molecule has 1 aromatic heterocycles. The molecule has 1 unspecified atom stereocenters. The number of amides is 2. The lowest BCUT2D eigenvalue weighted by atomic mass is 9.99. The van der Waals surface area contributed by atoms with Crippen LogP contribution in [0.2, 0.25) is 5.02 Å². The first-order valence-electron chi connectivity index (χ1n) is 8.66. The van der Waals surface area contributed by atoms with E-state index in [4.69, 9.17) is 11.6 Å². The van der Waals surface area contributed by atoms with E-state index in [9.17, 15) is 4.79 Å². The summed E-state index contributed by atoms with van der Waals surface area (Å²) in [5.74, 6) is 0. The molecule has 4 nitrogen and oxygen atoms in total. The van der Waals surface area contributed by atoms with E-state index < -0.39 is 0 Å². The number of fused-ring (bicyclic) bond motifs is 1. The van der Waals surface area contributed by atoms with Gasteiger partial charge in [-0.15, -0.1) is 0 Å². The zero-order chi connectivity index (χ0) is 18.1. The molecule has 2 amide bonds. The lowest BCUT2D eigenvalue weighted by molar-refractivity contribution is 0.182. The van der Waals surface area contributed by atoms with Crippen LogP contribution < -0.4 is 5.32 Å². The summed E-state index contributed by atoms with van der Waals surface area (Å²) < 4.78 is 2.22. The Hall–Kier alpha value is -2.72. The van der Waals surface area contributed by atoms with Gasteiger partial charge >= 0.3 is 6.03 Å². The van der Waals surface area contributed by atoms with Crippen LogP contribution in [0.15, 0.2) is 66.9 Å². The minimum absolute atomic E-state index is 0.105. The number of halogens is 1. The molecular formula is C21H20ClN3O. The third-order valence-corrected chi connectivity index (χ3v) is 5.04. The van der Waals surface area contributed by atoms with Crippen molar-refractivity contribution in [1.82, 2.24) is 9.47 Å². The summed E-state index contributed by atoms with van der Waals surface area (Å²) in [6.45, 7) is 3.51. The van der Waals surface area contributed by atoms with Crippen molar-refractivity contribution in [2.75, 3.05) is 11.9 Å². The fourth-order valence-electron chi connectivity index (χ4n) is 3.43. The summed E-state index contributed by atoms with van der Waals surface area (Å²) in [6.07, 6.45) is 2.07. The highest BCUT2D eigenvalue weighted by Gasteiger charge is 2.32. The van der Waals surface area contributed by atoms with E-state index in [0.29, 0.717) is 11.6 Å². The molecule has 0 bridgehead atoms. The lowest BCUT2D eigenvalue weighted by Gasteiger charge is -2.37. The van der Waals surface area contributed by atoms with Crippen LogP contribution in [0, 0.1) is 6.92 Å². The summed E-state index contributed by atoms with van der Waals surface area (Å²) in [5, 5.41) is 3.64. The van der Waals surface area contributed by atoms with Crippen LogP contribution in [0.1, 0.15) is 22.9 Å². The number of aryl methyl sites for hydroxylation is 1. The van der Waals surface area contributed by atoms with Crippen molar-refractivity contribution in [2.24, 2.45) is 0 Å². The Morgan fingerprint density at radius 2 is 1.77 bits per heavy atom. The summed E-state index contributed by atoms with van der Waals surface area (Å²) in [6, 6.07) is 19.5. The molecule has 1 N–H and O–H groups in total. The van der Waals surface area contributed by atoms with Gasteiger partial charge in [-0.05, 0) is 48.9 Å². The van der Waals surface area contributed by atoms with Gasteiger partial charge in [-0.3, -0.25) is 0 Å². The number of anilines is 1. The van der Waals surface area contributed by atoms with Crippen molar-refractivity contribution in [3.8, 4) is 0 Å². The Balaban J connectivity index is 1.66. The van der Waals surface area contributed by atoms with Gasteiger partial charge in [0.25, 0.3) is 0 Å². The van der Waals surface area contributed by atoms with E-state index in [1.807, 2.05) is 23.1 Å². The number of benzene rings is 2. The predicted molar refractivity (Wildman–Crippen MR) is 105 cm³/mol. The highest BCUT2D eigenvalue weighted by atomic mass is 35.5. The van der Waals surface area contributed by atoms with Gasteiger partial charge < -0.3 is 14.8 Å². The maximum absolute atomic E-state index is 13.0. The Kier molecular flexibility index (Phi) is 4.43. The highest BCUT2D eigenvalue weighted by molar-refractivity contribution is 6.30. The molecule has 3 aromatic rings. The zero-order valence-corrected chi connectivity index (χ0v) is 15.3. The standard InChI is InChI=1S/C21H20ClN3O/c1-15-4-6-16(7-5-15)20-19-3-2-12-24(19)13-14-25(20)21(26)23-18-10-8-17(22)9-11-18/h2-12,20H,13-14H2,1H3,(H,23,26). The third-order valence-electron chi connectivity index (χ3n) is 4.79. The molecule has 2 heterocycles. The molecule has 0 radical (unpaired) electrons. The number of carbonyl (C=O) groups is 1. The molecule has 2 aromatic carbocycles. The monoisotopic (exact) mass is 365 g/mol. The second-order valence-corrected chi connectivity index (χ2v) is 7.01. The maximum atomic E-state index is 13.0. The molecule has 1 aliphatic heterocycles. The van der Waals surface area contributed by atoms with Gasteiger partial charge in [0.1, 0.15) is 0 Å². The fraction of sp³-hybridized carbons (Fsp3) is 0.190. The average molecular weight is 366 g/mol. The van der Waals surface area contributed by atoms with E-state index in [-0.39, 0.29) is 12.1 Å². The number of urea groups is 1. The normalized spacial score (nSPS) is 16.2. The van der Waals surface area contributed by atoms with Crippen molar-refractivity contribution in [2.45, 2.75) is 19.5 Å². The first-order valence-corrected chi connectivity index (χ1v) is 9.04. The van der Waals surface area contributed by atoms with Crippen LogP contribution in [0.25, 0.3) is 0 Å². The molecule has 132 valence electrons. The van der Waals surface area contributed by atoms with E-state index >= 15 is 0 Å². The number of hydrogen-bond acceptors (Lipinski definition) is 1. The van der Waals surface area contributed by atoms with Gasteiger partial charge in [-0.1, -0.05) is 41.4 Å². The minimum atomic E-state index is -0.106. The molecule has 0 saturated heterocycles. The zero-order valence-electron chi connectivity index (χ0n) is 14.5. The van der Waals surface area contributed by atoms with Gasteiger partial charge in [0.2, 0.25) is 0 Å². The van der Waals surface area contributed by atoms with E-state index in [1.54, 1.807) is 12.1 Å². The summed E-state index contributed by atoms with van der Waals surface area (Å²) >= 11 is 5.93. The topological polar surface area (TPSA) is 37.3 Å². The Labute approximate surface area is 158 Å². The van der Waals surface area contributed by atoms with Crippen LogP contribution in [0.5, 0.6) is 0 Å². The first kappa shape index (κ1) is 16.7. The SMILES string of the molecule is Cc1ccc(C2c3cccn3CCN2C(=O)Nc2ccc(Cl)cc2)cc1. The molecule has 0 fully saturated rings. The van der Waals surface area contributed by atoms with Crippen LogP contribution in [0.3, 0.4) is 0 Å². The average Bonchev–Trinajstić information content (AvgIpc) is 3.12. The number of hydrogen-bond donors (Lipinski definition) is 1. The van der Waals surface area contributed by atoms with Gasteiger partial charge in [0.15, 0.2) is 0 Å². The molecule has 0 saturated carbocycles. The van der Waals surface area contributed by atoms with E-state index in [1.165, 1.54) is 5.56 Å². The lowest BCUT2D eigenvalue weighted by Crippen LogP contribution is -2.44. The number of aromatic nitrogens is 1. The van der Waals surface area contributed by atoms with Gasteiger partial charge in [-0.25, -0.2) is 4.79 Å². The summed E-state index contributed by atoms with van der Waals surface area (Å²) in [5.41, 5.74) is 4.19. The molecule has 5 heteroatoms. The highest BCUT2D eigenvalue weighted by Crippen LogP contribution is 2.33. The van der Waals surface area contributed by atoms with Gasteiger partial charge in [0, 0.05) is 35.7 Å². The van der Waals surface area contributed by atoms with Crippen LogP contribution in [0.4, 0.5) is 10.5 Å². The van der Waals surface area contributed by atoms with Crippen molar-refractivity contribution in [1.29, 1.82) is 0 Å². The number of nitrogens with zero attached hydrogens (tertiary/aromatic N) is 2. The molecular weight excluding hydrogens is 346 g/mol. The van der Waals surface area contributed by atoms with E-state index in [0.717, 1.165) is 23.5 Å². The van der Waals surface area contributed by atoms with E-state index in [2.05, 4.69) is 53.3 Å². The van der Waals surface area contributed by atoms with Crippen molar-refractivity contribution >= 4 is 23.3 Å². The quantitative estimate of drug-likeness (QED) is 0.675. The smallest absolute Gasteiger partial charge is 0.322 e. The third kappa shape index (κ3) is 3.20. The number of rotatable bonds is 2. The molecule has 26 heavy (non-hydrogen) atoms. The largest absolute Gasteiger partial charge is 0.348 e. The Bertz CT molecular complexity index is 915. The van der Waals surface area contributed by atoms with Gasteiger partial charge in [-0.2, -0.15) is 0 Å². The summed E-state index contributed by atoms with van der Waals surface area (Å²) in [7, 11) is 0. The van der Waals surface area contributed by atoms with Crippen molar-refractivity contribution in [3.63, 3.8) is 0 Å². The minimum Gasteiger partial charge on any atom is -0.348 e. The second-order valence-electron chi connectivity index (χ2n) is 6.57.